The zero-order chi connectivity index (χ0) is 25.2. The van der Waals surface area contributed by atoms with Crippen molar-refractivity contribution in [3.05, 3.63) is 35.0 Å². The first-order chi connectivity index (χ1) is 16.5. The fourth-order valence-electron chi connectivity index (χ4n) is 4.57. The van der Waals surface area contributed by atoms with E-state index in [2.05, 4.69) is 20.3 Å². The van der Waals surface area contributed by atoms with Crippen LogP contribution in [0.5, 0.6) is 0 Å². The Morgan fingerprint density at radius 2 is 2.03 bits per heavy atom. The van der Waals surface area contributed by atoms with E-state index in [1.807, 2.05) is 13.8 Å². The van der Waals surface area contributed by atoms with Crippen molar-refractivity contribution >= 4 is 28.6 Å². The fourth-order valence-corrected chi connectivity index (χ4v) is 4.77. The standard InChI is InChI=1S/C23H26ClF2N5O4/c1-9(2)31-13-6-10(5-12(25)17(13)28-21(31)23(3,4)33)16-11(24)7-27-22(29-16)30-18-15(26)14-8-34-20(35-14)19(18)32/h5-7,9,14-15,18-20,32-33H,8H2,1-4H3,(H,27,29,30)/t14-,15+,18-,19+,20-/m1/s1. The summed E-state index contributed by atoms with van der Waals surface area (Å²) in [5, 5.41) is 24.0. The third kappa shape index (κ3) is 4.15. The Hall–Kier alpha value is -2.44. The van der Waals surface area contributed by atoms with Crippen LogP contribution < -0.4 is 5.32 Å². The number of ether oxygens (including phenoxy) is 2. The molecule has 0 aliphatic carbocycles. The minimum absolute atomic E-state index is 0.00690. The number of nitrogens with one attached hydrogen (secondary N) is 1. The van der Waals surface area contributed by atoms with Gasteiger partial charge in [-0.1, -0.05) is 11.6 Å². The summed E-state index contributed by atoms with van der Waals surface area (Å²) in [6, 6.07) is 1.75. The number of imidazole rings is 1. The van der Waals surface area contributed by atoms with Crippen LogP contribution >= 0.6 is 11.6 Å². The van der Waals surface area contributed by atoms with Gasteiger partial charge < -0.3 is 29.6 Å². The molecule has 2 saturated heterocycles. The van der Waals surface area contributed by atoms with Gasteiger partial charge in [0.15, 0.2) is 18.3 Å². The number of aliphatic hydroxyl groups is 2. The van der Waals surface area contributed by atoms with E-state index in [-0.39, 0.29) is 34.8 Å². The van der Waals surface area contributed by atoms with Gasteiger partial charge in [-0.15, -0.1) is 0 Å². The Kier molecular flexibility index (Phi) is 5.96. The number of aromatic nitrogens is 4. The maximum atomic E-state index is 15.2. The van der Waals surface area contributed by atoms with Gasteiger partial charge in [0.05, 0.1) is 35.1 Å². The van der Waals surface area contributed by atoms with Crippen molar-refractivity contribution in [2.75, 3.05) is 11.9 Å². The van der Waals surface area contributed by atoms with Gasteiger partial charge in [0, 0.05) is 11.6 Å². The van der Waals surface area contributed by atoms with E-state index in [0.717, 1.165) is 0 Å². The minimum Gasteiger partial charge on any atom is -0.386 e. The molecule has 0 saturated carbocycles. The van der Waals surface area contributed by atoms with Crippen molar-refractivity contribution in [3.8, 4) is 11.3 Å². The van der Waals surface area contributed by atoms with Gasteiger partial charge in [-0.05, 0) is 39.8 Å². The SMILES string of the molecule is CC(C)n1c(C(C)(C)O)nc2c(F)cc(-c3nc(N[C@H]4[C@H](O)[C@@H]5OC[C@@H](O5)[C@@H]4F)ncc3Cl)cc21. The summed E-state index contributed by atoms with van der Waals surface area (Å²) < 4.78 is 42.4. The largest absolute Gasteiger partial charge is 0.386 e. The minimum atomic E-state index is -1.55. The number of anilines is 1. The van der Waals surface area contributed by atoms with Crippen LogP contribution in [0.2, 0.25) is 5.02 Å². The van der Waals surface area contributed by atoms with Gasteiger partial charge in [0.1, 0.15) is 29.2 Å². The van der Waals surface area contributed by atoms with Crippen LogP contribution in [-0.4, -0.2) is 67.1 Å². The zero-order valence-corrected chi connectivity index (χ0v) is 20.3. The molecule has 2 fully saturated rings. The molecular weight excluding hydrogens is 484 g/mol. The predicted octanol–water partition coefficient (Wildman–Crippen LogP) is 3.33. The van der Waals surface area contributed by atoms with Crippen LogP contribution in [0.3, 0.4) is 0 Å². The summed E-state index contributed by atoms with van der Waals surface area (Å²) in [5.41, 5.74) is -0.154. The lowest BCUT2D eigenvalue weighted by Crippen LogP contribution is -2.55. The molecule has 3 N–H and O–H groups in total. The molecule has 0 amide bonds. The summed E-state index contributed by atoms with van der Waals surface area (Å²) in [5.74, 6) is -0.273. The first-order valence-corrected chi connectivity index (χ1v) is 11.7. The summed E-state index contributed by atoms with van der Waals surface area (Å²) >= 11 is 6.37. The number of benzene rings is 1. The second-order valence-corrected chi connectivity index (χ2v) is 10.1. The summed E-state index contributed by atoms with van der Waals surface area (Å²) in [7, 11) is 0. The Labute approximate surface area is 205 Å². The highest BCUT2D eigenvalue weighted by atomic mass is 35.5. The number of rotatable bonds is 5. The van der Waals surface area contributed by atoms with Crippen molar-refractivity contribution in [2.24, 2.45) is 0 Å². The molecule has 5 atom stereocenters. The first-order valence-electron chi connectivity index (χ1n) is 11.3. The van der Waals surface area contributed by atoms with E-state index in [0.29, 0.717) is 16.9 Å². The summed E-state index contributed by atoms with van der Waals surface area (Å²) in [6.45, 7) is 7.04. The lowest BCUT2D eigenvalue weighted by Gasteiger charge is -2.34. The van der Waals surface area contributed by atoms with Crippen molar-refractivity contribution < 1.29 is 28.5 Å². The monoisotopic (exact) mass is 509 g/mol. The molecule has 0 spiro atoms. The van der Waals surface area contributed by atoms with Crippen LogP contribution in [0.25, 0.3) is 22.3 Å². The number of alkyl halides is 1. The quantitative estimate of drug-likeness (QED) is 0.480. The topological polar surface area (TPSA) is 115 Å². The maximum absolute atomic E-state index is 15.2. The van der Waals surface area contributed by atoms with Crippen molar-refractivity contribution in [1.29, 1.82) is 0 Å². The third-order valence-corrected chi connectivity index (χ3v) is 6.48. The summed E-state index contributed by atoms with van der Waals surface area (Å²) in [4.78, 5) is 12.9. The molecule has 12 heteroatoms. The molecule has 0 radical (unpaired) electrons. The molecule has 188 valence electrons. The molecule has 2 aliphatic heterocycles. The molecular formula is C23H26ClF2N5O4. The number of hydrogen-bond acceptors (Lipinski definition) is 8. The van der Waals surface area contributed by atoms with Crippen molar-refractivity contribution in [1.82, 2.24) is 19.5 Å². The number of nitrogens with zero attached hydrogens (tertiary/aromatic N) is 4. The Bertz CT molecular complexity index is 1270. The smallest absolute Gasteiger partial charge is 0.223 e. The number of fused-ring (bicyclic) bond motifs is 3. The maximum Gasteiger partial charge on any atom is 0.223 e. The van der Waals surface area contributed by atoms with Crippen LogP contribution in [0.1, 0.15) is 39.6 Å². The van der Waals surface area contributed by atoms with Crippen LogP contribution in [0.15, 0.2) is 18.3 Å². The van der Waals surface area contributed by atoms with E-state index >= 15 is 4.39 Å². The van der Waals surface area contributed by atoms with Crippen molar-refractivity contribution in [2.45, 2.75) is 70.0 Å². The van der Waals surface area contributed by atoms with Crippen molar-refractivity contribution in [3.63, 3.8) is 0 Å². The van der Waals surface area contributed by atoms with Gasteiger partial charge in [-0.3, -0.25) is 0 Å². The van der Waals surface area contributed by atoms with E-state index in [1.54, 1.807) is 24.5 Å². The van der Waals surface area contributed by atoms with Crippen LogP contribution in [-0.2, 0) is 15.1 Å². The number of halogens is 3. The molecule has 35 heavy (non-hydrogen) atoms. The first kappa shape index (κ1) is 24.3. The molecule has 2 aliphatic rings. The van der Waals surface area contributed by atoms with Crippen LogP contribution in [0.4, 0.5) is 14.7 Å². The van der Waals surface area contributed by atoms with E-state index < -0.39 is 42.1 Å². The molecule has 2 aromatic heterocycles. The Balaban J connectivity index is 1.56. The molecule has 9 nitrogen and oxygen atoms in total. The van der Waals surface area contributed by atoms with Gasteiger partial charge in [-0.2, -0.15) is 0 Å². The molecule has 2 bridgehead atoms. The number of aliphatic hydroxyl groups excluding tert-OH is 1. The molecule has 3 aromatic rings. The summed E-state index contributed by atoms with van der Waals surface area (Å²) in [6.07, 6.45) is -3.25. The van der Waals surface area contributed by atoms with Gasteiger partial charge >= 0.3 is 0 Å². The van der Waals surface area contributed by atoms with E-state index in [9.17, 15) is 14.6 Å². The Morgan fingerprint density at radius 1 is 1.29 bits per heavy atom. The average molecular weight is 510 g/mol. The van der Waals surface area contributed by atoms with Gasteiger partial charge in [0.25, 0.3) is 0 Å². The Morgan fingerprint density at radius 3 is 2.71 bits per heavy atom. The lowest BCUT2D eigenvalue weighted by atomic mass is 9.99. The highest BCUT2D eigenvalue weighted by Gasteiger charge is 2.51. The average Bonchev–Trinajstić information content (AvgIpc) is 3.40. The van der Waals surface area contributed by atoms with Gasteiger partial charge in [-0.25, -0.2) is 23.7 Å². The third-order valence-electron chi connectivity index (χ3n) is 6.20. The lowest BCUT2D eigenvalue weighted by molar-refractivity contribution is -0.175. The zero-order valence-electron chi connectivity index (χ0n) is 19.5. The fraction of sp³-hybridized carbons (Fsp3) is 0.522. The second-order valence-electron chi connectivity index (χ2n) is 9.66. The second kappa shape index (κ2) is 8.59. The van der Waals surface area contributed by atoms with E-state index in [1.165, 1.54) is 12.3 Å². The highest BCUT2D eigenvalue weighted by Crippen LogP contribution is 2.36. The van der Waals surface area contributed by atoms with E-state index in [4.69, 9.17) is 21.1 Å². The number of hydrogen-bond donors (Lipinski definition) is 3. The molecule has 0 unspecified atom stereocenters. The molecule has 1 aromatic carbocycles. The van der Waals surface area contributed by atoms with Gasteiger partial charge in [0.2, 0.25) is 5.95 Å². The predicted molar refractivity (Wildman–Crippen MR) is 124 cm³/mol. The normalized spacial score (nSPS) is 26.6. The molecule has 5 rings (SSSR count). The molecule has 4 heterocycles. The highest BCUT2D eigenvalue weighted by molar-refractivity contribution is 6.33. The van der Waals surface area contributed by atoms with Crippen LogP contribution in [0, 0.1) is 5.82 Å².